The lowest BCUT2D eigenvalue weighted by Gasteiger charge is -2.27. The monoisotopic (exact) mass is 587 g/mol. The summed E-state index contributed by atoms with van der Waals surface area (Å²) < 4.78 is 41.3. The lowest BCUT2D eigenvalue weighted by atomic mass is 10.1. The van der Waals surface area contributed by atoms with Crippen LogP contribution in [-0.4, -0.2) is 71.7 Å². The van der Waals surface area contributed by atoms with Crippen LogP contribution in [0.25, 0.3) is 16.6 Å². The van der Waals surface area contributed by atoms with Gasteiger partial charge in [-0.05, 0) is 36.8 Å². The molecule has 0 saturated carbocycles. The van der Waals surface area contributed by atoms with E-state index in [1.54, 1.807) is 30.7 Å². The molecule has 5 rings (SSSR count). The van der Waals surface area contributed by atoms with Crippen LogP contribution in [0, 0.1) is 0 Å². The van der Waals surface area contributed by atoms with E-state index < -0.39 is 22.8 Å². The van der Waals surface area contributed by atoms with Gasteiger partial charge in [0.1, 0.15) is 0 Å². The van der Waals surface area contributed by atoms with Crippen molar-refractivity contribution in [2.45, 2.75) is 18.6 Å². The number of rotatable bonds is 7. The van der Waals surface area contributed by atoms with Crippen LogP contribution >= 0.6 is 11.6 Å². The van der Waals surface area contributed by atoms with Crippen molar-refractivity contribution in [1.82, 2.24) is 30.4 Å². The van der Waals surface area contributed by atoms with E-state index >= 15 is 0 Å². The third-order valence-electron chi connectivity index (χ3n) is 6.98. The smallest absolute Gasteiger partial charge is 0.351 e. The van der Waals surface area contributed by atoms with Gasteiger partial charge in [0.2, 0.25) is 0 Å². The number of amides is 3. The number of piperazine rings is 1. The van der Waals surface area contributed by atoms with Gasteiger partial charge < -0.3 is 25.8 Å². The average molecular weight is 588 g/mol. The second-order valence-electron chi connectivity index (χ2n) is 9.77. The van der Waals surface area contributed by atoms with Crippen LogP contribution in [0.5, 0.6) is 0 Å². The van der Waals surface area contributed by atoms with E-state index in [4.69, 9.17) is 11.6 Å². The van der Waals surface area contributed by atoms with Gasteiger partial charge in [-0.2, -0.15) is 13.2 Å². The minimum absolute atomic E-state index is 0.0275. The molecular formula is C28H29ClF3N7O2. The number of anilines is 1. The molecule has 0 bridgehead atoms. The standard InChI is InChI=1S/C28H29ClF3N7O2/c29-24-6-3-19(15-23(24)28(30,31)32)37-27(41)36-18-1-4-20(5-2-18)39-17-22(21-7-8-34-16-25(21)39)26(40)35-11-14-38-12-9-33-10-13-38/h1,3-8,15-18,33H,2,9-14H2,(H,35,40)(H2,36,37,41). The molecule has 3 heterocycles. The number of urea groups is 1. The number of allylic oxidation sites excluding steroid dienone is 2. The minimum Gasteiger partial charge on any atom is -0.351 e. The first-order chi connectivity index (χ1) is 19.7. The molecule has 1 aliphatic carbocycles. The maximum absolute atomic E-state index is 13.1. The highest BCUT2D eigenvalue weighted by Gasteiger charge is 2.33. The quantitative estimate of drug-likeness (QED) is 0.329. The molecule has 0 radical (unpaired) electrons. The number of carbonyl (C=O) groups is 2. The maximum atomic E-state index is 13.1. The molecule has 216 valence electrons. The molecule has 1 aliphatic heterocycles. The first kappa shape index (κ1) is 28.7. The van der Waals surface area contributed by atoms with Gasteiger partial charge in [0.05, 0.1) is 33.9 Å². The number of alkyl halides is 3. The molecule has 9 nitrogen and oxygen atoms in total. The summed E-state index contributed by atoms with van der Waals surface area (Å²) in [6, 6.07) is 3.95. The van der Waals surface area contributed by atoms with Gasteiger partial charge in [-0.3, -0.25) is 14.7 Å². The molecule has 1 atom stereocenters. The number of pyridine rings is 1. The first-order valence-corrected chi connectivity index (χ1v) is 13.6. The number of carbonyl (C=O) groups excluding carboxylic acids is 2. The van der Waals surface area contributed by atoms with Crippen molar-refractivity contribution in [3.05, 3.63) is 77.2 Å². The fourth-order valence-electron chi connectivity index (χ4n) is 4.88. The van der Waals surface area contributed by atoms with E-state index in [9.17, 15) is 22.8 Å². The Morgan fingerprint density at radius 3 is 2.71 bits per heavy atom. The molecule has 41 heavy (non-hydrogen) atoms. The molecule has 3 amide bonds. The zero-order valence-electron chi connectivity index (χ0n) is 22.0. The van der Waals surface area contributed by atoms with Gasteiger partial charge in [0.25, 0.3) is 5.91 Å². The molecule has 4 N–H and O–H groups in total. The number of hydrogen-bond acceptors (Lipinski definition) is 5. The van der Waals surface area contributed by atoms with Crippen molar-refractivity contribution in [2.24, 2.45) is 0 Å². The summed E-state index contributed by atoms with van der Waals surface area (Å²) >= 11 is 5.65. The zero-order valence-corrected chi connectivity index (χ0v) is 22.7. The summed E-state index contributed by atoms with van der Waals surface area (Å²) in [5.41, 5.74) is 1.05. The Hall–Kier alpha value is -3.87. The van der Waals surface area contributed by atoms with E-state index in [0.29, 0.717) is 18.5 Å². The topological polar surface area (TPSA) is 103 Å². The number of nitrogens with zero attached hydrogens (tertiary/aromatic N) is 3. The van der Waals surface area contributed by atoms with Crippen LogP contribution in [0.4, 0.5) is 23.7 Å². The van der Waals surface area contributed by atoms with Gasteiger partial charge in [-0.25, -0.2) is 4.79 Å². The Kier molecular flexibility index (Phi) is 8.62. The maximum Gasteiger partial charge on any atom is 0.417 e. The van der Waals surface area contributed by atoms with E-state index in [0.717, 1.165) is 61.5 Å². The molecule has 2 aromatic heterocycles. The molecule has 0 spiro atoms. The largest absolute Gasteiger partial charge is 0.417 e. The van der Waals surface area contributed by atoms with E-state index in [2.05, 4.69) is 31.2 Å². The highest BCUT2D eigenvalue weighted by Crippen LogP contribution is 2.36. The predicted octanol–water partition coefficient (Wildman–Crippen LogP) is 4.33. The summed E-state index contributed by atoms with van der Waals surface area (Å²) in [7, 11) is 0. The third-order valence-corrected chi connectivity index (χ3v) is 7.31. The van der Waals surface area contributed by atoms with Crippen LogP contribution in [0.3, 0.4) is 0 Å². The van der Waals surface area contributed by atoms with Crippen LogP contribution in [0.15, 0.2) is 61.1 Å². The number of nitrogens with one attached hydrogen (secondary N) is 4. The first-order valence-electron chi connectivity index (χ1n) is 13.2. The Balaban J connectivity index is 1.21. The van der Waals surface area contributed by atoms with Crippen LogP contribution in [-0.2, 0) is 6.18 Å². The Labute approximate surface area is 239 Å². The number of aromatic nitrogens is 2. The van der Waals surface area contributed by atoms with Gasteiger partial charge in [-0.15, -0.1) is 0 Å². The van der Waals surface area contributed by atoms with Crippen LogP contribution in [0.1, 0.15) is 22.3 Å². The van der Waals surface area contributed by atoms with Crippen molar-refractivity contribution < 1.29 is 22.8 Å². The fraction of sp³-hybridized carbons (Fsp3) is 0.321. The van der Waals surface area contributed by atoms with Crippen LogP contribution in [0.2, 0.25) is 5.02 Å². The molecule has 1 unspecified atom stereocenters. The number of fused-ring (bicyclic) bond motifs is 1. The van der Waals surface area contributed by atoms with Crippen molar-refractivity contribution in [3.8, 4) is 0 Å². The van der Waals surface area contributed by atoms with Crippen molar-refractivity contribution in [2.75, 3.05) is 44.6 Å². The minimum atomic E-state index is -4.64. The SMILES string of the molecule is O=C(Nc1ccc(Cl)c(C(F)(F)F)c1)NC1C=CC(n2cc(C(=O)NCCN3CCNCC3)c3ccncc32)=CC1. The van der Waals surface area contributed by atoms with Gasteiger partial charge in [0.15, 0.2) is 0 Å². The summed E-state index contributed by atoms with van der Waals surface area (Å²) in [5, 5.41) is 11.8. The zero-order chi connectivity index (χ0) is 29.0. The van der Waals surface area contributed by atoms with Gasteiger partial charge in [0, 0.05) is 68.4 Å². The second-order valence-corrected chi connectivity index (χ2v) is 10.2. The average Bonchev–Trinajstić information content (AvgIpc) is 3.34. The highest BCUT2D eigenvalue weighted by atomic mass is 35.5. The highest BCUT2D eigenvalue weighted by molar-refractivity contribution is 6.31. The van der Waals surface area contributed by atoms with Gasteiger partial charge in [-0.1, -0.05) is 23.8 Å². The third kappa shape index (κ3) is 6.89. The van der Waals surface area contributed by atoms with Crippen LogP contribution < -0.4 is 21.3 Å². The summed E-state index contributed by atoms with van der Waals surface area (Å²) in [5.74, 6) is -0.164. The predicted molar refractivity (Wildman–Crippen MR) is 152 cm³/mol. The van der Waals surface area contributed by atoms with Gasteiger partial charge >= 0.3 is 12.2 Å². The molecular weight excluding hydrogens is 559 g/mol. The van der Waals surface area contributed by atoms with Crippen molar-refractivity contribution >= 4 is 45.8 Å². The Morgan fingerprint density at radius 1 is 1.17 bits per heavy atom. The second kappa shape index (κ2) is 12.3. The van der Waals surface area contributed by atoms with E-state index in [1.807, 2.05) is 16.7 Å². The van der Waals surface area contributed by atoms with E-state index in [1.165, 1.54) is 6.07 Å². The molecule has 1 aromatic carbocycles. The summed E-state index contributed by atoms with van der Waals surface area (Å²) in [6.45, 7) is 5.14. The lowest BCUT2D eigenvalue weighted by molar-refractivity contribution is -0.137. The molecule has 13 heteroatoms. The van der Waals surface area contributed by atoms with E-state index in [-0.39, 0.29) is 17.6 Å². The molecule has 1 saturated heterocycles. The normalized spacial score (nSPS) is 17.8. The molecule has 2 aliphatic rings. The fourth-order valence-corrected chi connectivity index (χ4v) is 5.10. The Bertz CT molecular complexity index is 1500. The van der Waals surface area contributed by atoms with Crippen molar-refractivity contribution in [1.29, 1.82) is 0 Å². The molecule has 3 aromatic rings. The summed E-state index contributed by atoms with van der Waals surface area (Å²) in [6.07, 6.45) is 6.43. The Morgan fingerprint density at radius 2 is 1.98 bits per heavy atom. The molecule has 1 fully saturated rings. The summed E-state index contributed by atoms with van der Waals surface area (Å²) in [4.78, 5) is 32.1. The number of hydrogen-bond donors (Lipinski definition) is 4. The number of halogens is 4. The lowest BCUT2D eigenvalue weighted by Crippen LogP contribution is -2.46. The van der Waals surface area contributed by atoms with Crippen molar-refractivity contribution in [3.63, 3.8) is 0 Å². The number of benzene rings is 1.